The first-order valence-electron chi connectivity index (χ1n) is 4.82. The first-order valence-corrected chi connectivity index (χ1v) is 5.63. The maximum absolute atomic E-state index is 12.1. The monoisotopic (exact) mass is 273 g/mol. The van der Waals surface area contributed by atoms with Crippen molar-refractivity contribution >= 4 is 35.0 Å². The van der Waals surface area contributed by atoms with E-state index >= 15 is 0 Å². The van der Waals surface area contributed by atoms with E-state index in [9.17, 15) is 9.59 Å². The van der Waals surface area contributed by atoms with Crippen molar-refractivity contribution in [3.63, 3.8) is 0 Å². The number of ketones is 1. The summed E-state index contributed by atoms with van der Waals surface area (Å²) < 4.78 is 0. The first kappa shape index (κ1) is 12.4. The predicted molar refractivity (Wildman–Crippen MR) is 63.6 cm³/mol. The third kappa shape index (κ3) is 1.41. The first-order chi connectivity index (χ1) is 7.86. The summed E-state index contributed by atoms with van der Waals surface area (Å²) in [4.78, 5) is 21.3. The van der Waals surface area contributed by atoms with Gasteiger partial charge in [-0.05, 0) is 0 Å². The maximum atomic E-state index is 12.1. The molecule has 1 aliphatic carbocycles. The van der Waals surface area contributed by atoms with Crippen LogP contribution in [0, 0.1) is 0 Å². The molecule has 90 valence electrons. The van der Waals surface area contributed by atoms with Gasteiger partial charge in [0.15, 0.2) is 16.2 Å². The van der Waals surface area contributed by atoms with E-state index in [1.165, 1.54) is 12.1 Å². The molecule has 6 heteroatoms. The second kappa shape index (κ2) is 3.70. The van der Waals surface area contributed by atoms with E-state index in [1.807, 2.05) is 0 Å². The number of hydrogen-bond acceptors (Lipinski definition) is 3. The Labute approximate surface area is 107 Å². The molecule has 0 radical (unpaired) electrons. The quantitative estimate of drug-likeness (QED) is 0.642. The number of rotatable bonds is 3. The Kier molecular flexibility index (Phi) is 2.69. The second-order valence-electron chi connectivity index (χ2n) is 3.94. The Morgan fingerprint density at radius 3 is 2.24 bits per heavy atom. The fraction of sp³-hybridized carbons (Fsp3) is 0.273. The van der Waals surface area contributed by atoms with Gasteiger partial charge < -0.3 is 10.8 Å². The molecule has 3 unspecified atom stereocenters. The standard InChI is InChI=1S/C11H9Cl2NO3/c12-8-10(13,11(8,14)9(16)17)7(15)6-4-2-1-3-5-6/h1-5,8H,14H2,(H,16,17). The van der Waals surface area contributed by atoms with Gasteiger partial charge in [-0.3, -0.25) is 9.59 Å². The topological polar surface area (TPSA) is 80.4 Å². The van der Waals surface area contributed by atoms with E-state index in [0.29, 0.717) is 5.56 Å². The number of carbonyl (C=O) groups excluding carboxylic acids is 1. The van der Waals surface area contributed by atoms with E-state index in [-0.39, 0.29) is 0 Å². The Bertz CT molecular complexity index is 493. The van der Waals surface area contributed by atoms with Crippen molar-refractivity contribution in [3.05, 3.63) is 35.9 Å². The van der Waals surface area contributed by atoms with Crippen molar-refractivity contribution in [2.45, 2.75) is 15.8 Å². The molecule has 4 nitrogen and oxygen atoms in total. The summed E-state index contributed by atoms with van der Waals surface area (Å²) in [6.07, 6.45) is 0. The number of carboxylic acid groups (broad SMARTS) is 1. The SMILES string of the molecule is NC1(C(=O)O)C(Cl)C1(Cl)C(=O)c1ccccc1. The van der Waals surface area contributed by atoms with Crippen LogP contribution >= 0.6 is 23.2 Å². The smallest absolute Gasteiger partial charge is 0.327 e. The van der Waals surface area contributed by atoms with Gasteiger partial charge in [0.2, 0.25) is 0 Å². The van der Waals surface area contributed by atoms with Crippen LogP contribution in [0.5, 0.6) is 0 Å². The van der Waals surface area contributed by atoms with Crippen LogP contribution in [0.1, 0.15) is 10.4 Å². The van der Waals surface area contributed by atoms with Gasteiger partial charge in [-0.2, -0.15) is 0 Å². The fourth-order valence-electron chi connectivity index (χ4n) is 1.78. The summed E-state index contributed by atoms with van der Waals surface area (Å²) >= 11 is 11.8. The highest BCUT2D eigenvalue weighted by atomic mass is 35.5. The highest BCUT2D eigenvalue weighted by Gasteiger charge is 2.82. The number of carbonyl (C=O) groups is 2. The van der Waals surface area contributed by atoms with E-state index in [4.69, 9.17) is 34.0 Å². The maximum Gasteiger partial charge on any atom is 0.327 e. The average molecular weight is 274 g/mol. The van der Waals surface area contributed by atoms with Crippen LogP contribution < -0.4 is 5.73 Å². The molecule has 1 saturated carbocycles. The van der Waals surface area contributed by atoms with Crippen LogP contribution in [0.3, 0.4) is 0 Å². The molecule has 0 saturated heterocycles. The van der Waals surface area contributed by atoms with Crippen molar-refractivity contribution in [2.24, 2.45) is 5.73 Å². The molecule has 0 heterocycles. The van der Waals surface area contributed by atoms with Gasteiger partial charge in [0.1, 0.15) is 0 Å². The lowest BCUT2D eigenvalue weighted by Crippen LogP contribution is -2.44. The van der Waals surface area contributed by atoms with Crippen molar-refractivity contribution in [2.75, 3.05) is 0 Å². The summed E-state index contributed by atoms with van der Waals surface area (Å²) in [5.41, 5.74) is 3.94. The van der Waals surface area contributed by atoms with Crippen LogP contribution in [-0.4, -0.2) is 32.6 Å². The summed E-state index contributed by atoms with van der Waals surface area (Å²) in [7, 11) is 0. The molecule has 0 bridgehead atoms. The number of alkyl halides is 2. The molecule has 3 atom stereocenters. The van der Waals surface area contributed by atoms with Crippen molar-refractivity contribution in [1.82, 2.24) is 0 Å². The van der Waals surface area contributed by atoms with Gasteiger partial charge in [-0.1, -0.05) is 30.3 Å². The molecule has 1 aliphatic rings. The predicted octanol–water partition coefficient (Wildman–Crippen LogP) is 1.25. The molecular formula is C11H9Cl2NO3. The number of halogens is 2. The molecule has 0 spiro atoms. The molecule has 2 rings (SSSR count). The molecule has 3 N–H and O–H groups in total. The lowest BCUT2D eigenvalue weighted by Gasteiger charge is -2.10. The van der Waals surface area contributed by atoms with Crippen LogP contribution in [-0.2, 0) is 4.79 Å². The van der Waals surface area contributed by atoms with Crippen LogP contribution in [0.2, 0.25) is 0 Å². The lowest BCUT2D eigenvalue weighted by molar-refractivity contribution is -0.139. The molecule has 0 aliphatic heterocycles. The number of nitrogens with two attached hydrogens (primary N) is 1. The number of carboxylic acids is 1. The minimum Gasteiger partial charge on any atom is -0.480 e. The third-order valence-electron chi connectivity index (χ3n) is 2.99. The van der Waals surface area contributed by atoms with Crippen molar-refractivity contribution in [1.29, 1.82) is 0 Å². The fourth-order valence-corrected chi connectivity index (χ4v) is 2.74. The minimum atomic E-state index is -1.91. The van der Waals surface area contributed by atoms with E-state index < -0.39 is 27.5 Å². The molecule has 1 aromatic carbocycles. The largest absolute Gasteiger partial charge is 0.480 e. The van der Waals surface area contributed by atoms with Crippen molar-refractivity contribution in [3.8, 4) is 0 Å². The number of aliphatic carboxylic acids is 1. The summed E-state index contributed by atoms with van der Waals surface area (Å²) in [5.74, 6) is -1.94. The summed E-state index contributed by atoms with van der Waals surface area (Å²) in [6.45, 7) is 0. The van der Waals surface area contributed by atoms with Crippen LogP contribution in [0.25, 0.3) is 0 Å². The highest BCUT2D eigenvalue weighted by Crippen LogP contribution is 2.57. The van der Waals surface area contributed by atoms with Crippen LogP contribution in [0.4, 0.5) is 0 Å². The summed E-state index contributed by atoms with van der Waals surface area (Å²) in [6, 6.07) is 8.11. The van der Waals surface area contributed by atoms with Crippen LogP contribution in [0.15, 0.2) is 30.3 Å². The van der Waals surface area contributed by atoms with Gasteiger partial charge in [0, 0.05) is 5.56 Å². The Hall–Kier alpha value is -1.10. The zero-order valence-corrected chi connectivity index (χ0v) is 10.1. The molecular weight excluding hydrogens is 265 g/mol. The van der Waals surface area contributed by atoms with Gasteiger partial charge in [-0.15, -0.1) is 23.2 Å². The normalized spacial score (nSPS) is 35.4. The van der Waals surface area contributed by atoms with E-state index in [1.54, 1.807) is 18.2 Å². The molecule has 17 heavy (non-hydrogen) atoms. The average Bonchev–Trinajstić information content (AvgIpc) is 2.79. The second-order valence-corrected chi connectivity index (χ2v) is 4.98. The zero-order valence-electron chi connectivity index (χ0n) is 8.56. The molecule has 0 amide bonds. The number of benzene rings is 1. The van der Waals surface area contributed by atoms with E-state index in [2.05, 4.69) is 0 Å². The number of Topliss-reactive ketones (excluding diaryl/α,β-unsaturated/α-hetero) is 1. The lowest BCUT2D eigenvalue weighted by atomic mass is 10.0. The summed E-state index contributed by atoms with van der Waals surface area (Å²) in [5, 5.41) is 7.84. The minimum absolute atomic E-state index is 0.293. The van der Waals surface area contributed by atoms with Crippen molar-refractivity contribution < 1.29 is 14.7 Å². The molecule has 0 aromatic heterocycles. The van der Waals surface area contributed by atoms with E-state index in [0.717, 1.165) is 0 Å². The zero-order chi connectivity index (χ0) is 12.8. The Morgan fingerprint density at radius 1 is 1.29 bits per heavy atom. The van der Waals surface area contributed by atoms with Gasteiger partial charge >= 0.3 is 5.97 Å². The molecule has 1 fully saturated rings. The van der Waals surface area contributed by atoms with Gasteiger partial charge in [-0.25, -0.2) is 0 Å². The number of hydrogen-bond donors (Lipinski definition) is 2. The highest BCUT2D eigenvalue weighted by molar-refractivity contribution is 6.52. The van der Waals surface area contributed by atoms with Gasteiger partial charge in [0.05, 0.1) is 5.38 Å². The van der Waals surface area contributed by atoms with Gasteiger partial charge in [0.25, 0.3) is 0 Å². The molecule has 1 aromatic rings. The Morgan fingerprint density at radius 2 is 1.82 bits per heavy atom. The Balaban J connectivity index is 2.38. The third-order valence-corrected chi connectivity index (χ3v) is 4.47.